The Morgan fingerprint density at radius 2 is 1.83 bits per heavy atom. The van der Waals surface area contributed by atoms with Crippen LogP contribution in [0.5, 0.6) is 0 Å². The zero-order valence-electron chi connectivity index (χ0n) is 17.4. The summed E-state index contributed by atoms with van der Waals surface area (Å²) in [7, 11) is 0. The molecule has 0 bridgehead atoms. The number of unbranched alkanes of at least 4 members (excludes halogenated alkanes) is 3. The second-order valence-electron chi connectivity index (χ2n) is 7.53. The summed E-state index contributed by atoms with van der Waals surface area (Å²) in [6, 6.07) is 15.2. The molecule has 0 saturated heterocycles. The molecule has 0 aromatic heterocycles. The molecule has 0 spiro atoms. The molecule has 1 aliphatic heterocycles. The molecule has 0 unspecified atom stereocenters. The van der Waals surface area contributed by atoms with E-state index >= 15 is 0 Å². The molecule has 1 atom stereocenters. The first-order valence-corrected chi connectivity index (χ1v) is 10.7. The van der Waals surface area contributed by atoms with E-state index in [1.807, 2.05) is 53.4 Å². The number of hydrogen-bond acceptors (Lipinski definition) is 3. The molecule has 2 N–H and O–H groups in total. The van der Waals surface area contributed by atoms with Gasteiger partial charge >= 0.3 is 0 Å². The summed E-state index contributed by atoms with van der Waals surface area (Å²) in [5.41, 5.74) is 3.19. The summed E-state index contributed by atoms with van der Waals surface area (Å²) < 4.78 is 0. The standard InChI is InChI=1S/C24H31N3O2/c1-3-5-6-9-15-25-23(28)18-11-10-12-19(17-18)26-22-20-13-7-8-14-21(20)24(29)27(22)16-4-2/h7-8,10-14,17,22,26H,3-6,9,15-16H2,1-2H3,(H,25,28)/t22-/m1/s1. The van der Waals surface area contributed by atoms with Crippen LogP contribution in [0.4, 0.5) is 5.69 Å². The largest absolute Gasteiger partial charge is 0.361 e. The van der Waals surface area contributed by atoms with Gasteiger partial charge < -0.3 is 15.5 Å². The van der Waals surface area contributed by atoms with Crippen LogP contribution in [0.25, 0.3) is 0 Å². The fourth-order valence-corrected chi connectivity index (χ4v) is 3.76. The molecule has 1 heterocycles. The number of hydrogen-bond donors (Lipinski definition) is 2. The summed E-state index contributed by atoms with van der Waals surface area (Å²) >= 11 is 0. The average Bonchev–Trinajstić information content (AvgIpc) is 3.00. The van der Waals surface area contributed by atoms with E-state index in [2.05, 4.69) is 24.5 Å². The smallest absolute Gasteiger partial charge is 0.256 e. The first kappa shape index (κ1) is 20.9. The molecule has 29 heavy (non-hydrogen) atoms. The summed E-state index contributed by atoms with van der Waals surface area (Å²) in [6.07, 6.45) is 5.20. The van der Waals surface area contributed by atoms with Crippen LogP contribution in [-0.4, -0.2) is 29.8 Å². The van der Waals surface area contributed by atoms with Crippen LogP contribution in [0.1, 0.15) is 78.4 Å². The third kappa shape index (κ3) is 4.97. The predicted octanol–water partition coefficient (Wildman–Crippen LogP) is 4.97. The Labute approximate surface area is 173 Å². The van der Waals surface area contributed by atoms with E-state index in [0.29, 0.717) is 18.7 Å². The lowest BCUT2D eigenvalue weighted by atomic mass is 10.1. The van der Waals surface area contributed by atoms with Gasteiger partial charge in [-0.3, -0.25) is 9.59 Å². The Hall–Kier alpha value is -2.82. The van der Waals surface area contributed by atoms with Gasteiger partial charge in [0.15, 0.2) is 0 Å². The fraction of sp³-hybridized carbons (Fsp3) is 0.417. The summed E-state index contributed by atoms with van der Waals surface area (Å²) in [4.78, 5) is 27.1. The zero-order valence-corrected chi connectivity index (χ0v) is 17.4. The molecule has 0 fully saturated rings. The maximum atomic E-state index is 12.8. The molecule has 3 rings (SSSR count). The highest BCUT2D eigenvalue weighted by atomic mass is 16.2. The Bertz CT molecular complexity index is 850. The molecule has 2 amide bonds. The van der Waals surface area contributed by atoms with Gasteiger partial charge in [0.1, 0.15) is 6.17 Å². The van der Waals surface area contributed by atoms with E-state index in [4.69, 9.17) is 0 Å². The van der Waals surface area contributed by atoms with Crippen molar-refractivity contribution in [2.45, 2.75) is 52.1 Å². The maximum absolute atomic E-state index is 12.8. The van der Waals surface area contributed by atoms with Crippen molar-refractivity contribution in [1.29, 1.82) is 0 Å². The number of carbonyl (C=O) groups excluding carboxylic acids is 2. The maximum Gasteiger partial charge on any atom is 0.256 e. The predicted molar refractivity (Wildman–Crippen MR) is 117 cm³/mol. The number of amides is 2. The van der Waals surface area contributed by atoms with Gasteiger partial charge in [0.05, 0.1) is 0 Å². The van der Waals surface area contributed by atoms with Crippen LogP contribution in [-0.2, 0) is 0 Å². The molecule has 2 aromatic rings. The van der Waals surface area contributed by atoms with Gasteiger partial charge in [-0.25, -0.2) is 0 Å². The van der Waals surface area contributed by atoms with Crippen molar-refractivity contribution < 1.29 is 9.59 Å². The molecular weight excluding hydrogens is 362 g/mol. The van der Waals surface area contributed by atoms with E-state index in [-0.39, 0.29) is 18.0 Å². The van der Waals surface area contributed by atoms with Crippen LogP contribution in [0.15, 0.2) is 48.5 Å². The number of nitrogens with zero attached hydrogens (tertiary/aromatic N) is 1. The van der Waals surface area contributed by atoms with E-state index in [1.54, 1.807) is 0 Å². The summed E-state index contributed by atoms with van der Waals surface area (Å²) in [6.45, 7) is 5.63. The van der Waals surface area contributed by atoms with Crippen molar-refractivity contribution in [3.8, 4) is 0 Å². The number of rotatable bonds is 10. The minimum Gasteiger partial charge on any atom is -0.361 e. The van der Waals surface area contributed by atoms with Gasteiger partial charge in [-0.2, -0.15) is 0 Å². The molecule has 5 heteroatoms. The van der Waals surface area contributed by atoms with E-state index < -0.39 is 0 Å². The van der Waals surface area contributed by atoms with E-state index in [0.717, 1.165) is 36.1 Å². The number of anilines is 1. The van der Waals surface area contributed by atoms with Crippen molar-refractivity contribution in [3.05, 3.63) is 65.2 Å². The average molecular weight is 394 g/mol. The first-order chi connectivity index (χ1) is 14.2. The quantitative estimate of drug-likeness (QED) is 0.560. The minimum absolute atomic E-state index is 0.0564. The normalized spacial score (nSPS) is 15.3. The van der Waals surface area contributed by atoms with Crippen molar-refractivity contribution in [2.24, 2.45) is 0 Å². The molecule has 2 aromatic carbocycles. The number of nitrogens with one attached hydrogen (secondary N) is 2. The third-order valence-electron chi connectivity index (χ3n) is 5.27. The Morgan fingerprint density at radius 1 is 1.00 bits per heavy atom. The lowest BCUT2D eigenvalue weighted by Gasteiger charge is -2.27. The molecule has 1 aliphatic rings. The monoisotopic (exact) mass is 393 g/mol. The van der Waals surface area contributed by atoms with Gasteiger partial charge in [0.2, 0.25) is 0 Å². The lowest BCUT2D eigenvalue weighted by Crippen LogP contribution is -2.33. The fourth-order valence-electron chi connectivity index (χ4n) is 3.76. The molecule has 0 saturated carbocycles. The third-order valence-corrected chi connectivity index (χ3v) is 5.27. The molecular formula is C24H31N3O2. The van der Waals surface area contributed by atoms with Gasteiger partial charge in [0, 0.05) is 35.5 Å². The highest BCUT2D eigenvalue weighted by Gasteiger charge is 2.35. The number of carbonyl (C=O) groups is 2. The van der Waals surface area contributed by atoms with Crippen molar-refractivity contribution in [2.75, 3.05) is 18.4 Å². The van der Waals surface area contributed by atoms with Crippen molar-refractivity contribution >= 4 is 17.5 Å². The molecule has 0 aliphatic carbocycles. The lowest BCUT2D eigenvalue weighted by molar-refractivity contribution is 0.0742. The summed E-state index contributed by atoms with van der Waals surface area (Å²) in [5, 5.41) is 6.47. The SMILES string of the molecule is CCCCCCNC(=O)c1cccc(N[C@H]2c3ccccc3C(=O)N2CCC)c1. The molecule has 0 radical (unpaired) electrons. The van der Waals surface area contributed by atoms with Gasteiger partial charge in [-0.15, -0.1) is 0 Å². The minimum atomic E-state index is -0.217. The highest BCUT2D eigenvalue weighted by Crippen LogP contribution is 2.34. The first-order valence-electron chi connectivity index (χ1n) is 10.7. The van der Waals surface area contributed by atoms with Crippen molar-refractivity contribution in [1.82, 2.24) is 10.2 Å². The zero-order chi connectivity index (χ0) is 20.6. The van der Waals surface area contributed by atoms with Gasteiger partial charge in [-0.1, -0.05) is 57.4 Å². The highest BCUT2D eigenvalue weighted by molar-refractivity contribution is 5.99. The Kier molecular flexibility index (Phi) is 7.28. The van der Waals surface area contributed by atoms with Gasteiger partial charge in [-0.05, 0) is 37.1 Å². The van der Waals surface area contributed by atoms with E-state index in [1.165, 1.54) is 12.8 Å². The van der Waals surface area contributed by atoms with Crippen LogP contribution in [0.2, 0.25) is 0 Å². The van der Waals surface area contributed by atoms with Gasteiger partial charge in [0.25, 0.3) is 11.8 Å². The Morgan fingerprint density at radius 3 is 2.62 bits per heavy atom. The summed E-state index contributed by atoms with van der Waals surface area (Å²) in [5.74, 6) is -0.000567. The molecule has 5 nitrogen and oxygen atoms in total. The second-order valence-corrected chi connectivity index (χ2v) is 7.53. The van der Waals surface area contributed by atoms with Crippen LogP contribution < -0.4 is 10.6 Å². The van der Waals surface area contributed by atoms with E-state index in [9.17, 15) is 9.59 Å². The van der Waals surface area contributed by atoms with Crippen LogP contribution in [0.3, 0.4) is 0 Å². The topological polar surface area (TPSA) is 61.4 Å². The van der Waals surface area contributed by atoms with Crippen molar-refractivity contribution in [3.63, 3.8) is 0 Å². The second kappa shape index (κ2) is 10.1. The Balaban J connectivity index is 1.70. The number of fused-ring (bicyclic) bond motifs is 1. The van der Waals surface area contributed by atoms with Crippen LogP contribution >= 0.6 is 0 Å². The molecule has 154 valence electrons. The van der Waals surface area contributed by atoms with Crippen LogP contribution in [0, 0.1) is 0 Å². The number of benzene rings is 2.